The first-order valence-corrected chi connectivity index (χ1v) is 6.95. The third-order valence-electron chi connectivity index (χ3n) is 2.51. The molecule has 1 unspecified atom stereocenters. The highest BCUT2D eigenvalue weighted by molar-refractivity contribution is 9.10. The Kier molecular flexibility index (Phi) is 4.05. The van der Waals surface area contributed by atoms with E-state index in [2.05, 4.69) is 21.2 Å². The van der Waals surface area contributed by atoms with Crippen molar-refractivity contribution in [2.45, 2.75) is 19.0 Å². The summed E-state index contributed by atoms with van der Waals surface area (Å²) < 4.78 is 13.5. The zero-order valence-electron chi connectivity index (χ0n) is 8.30. The first-order valence-electron chi connectivity index (χ1n) is 5.01. The number of nitrogens with one attached hydrogen (secondary N) is 1. The average Bonchev–Trinajstić information content (AvgIpc) is 2.73. The van der Waals surface area contributed by atoms with E-state index in [0.717, 1.165) is 12.1 Å². The minimum Gasteiger partial charge on any atom is -0.309 e. The summed E-state index contributed by atoms with van der Waals surface area (Å²) in [5, 5.41) is 3.48. The van der Waals surface area contributed by atoms with Crippen molar-refractivity contribution in [3.05, 3.63) is 34.1 Å². The van der Waals surface area contributed by atoms with E-state index in [9.17, 15) is 4.39 Å². The van der Waals surface area contributed by atoms with Crippen LogP contribution in [0.5, 0.6) is 0 Å². The Morgan fingerprint density at radius 2 is 2.40 bits per heavy atom. The molecule has 0 saturated carbocycles. The highest BCUT2D eigenvalue weighted by Gasteiger charge is 2.14. The maximum absolute atomic E-state index is 13.0. The number of halogens is 2. The summed E-state index contributed by atoms with van der Waals surface area (Å²) in [6.07, 6.45) is 1.24. The van der Waals surface area contributed by atoms with Gasteiger partial charge >= 0.3 is 0 Å². The Hall–Kier alpha value is -0.0600. The predicted octanol–water partition coefficient (Wildman–Crippen LogP) is 3.18. The van der Waals surface area contributed by atoms with Crippen molar-refractivity contribution >= 4 is 27.7 Å². The second kappa shape index (κ2) is 5.32. The molecule has 1 aliphatic heterocycles. The molecule has 1 nitrogen and oxygen atoms in total. The van der Waals surface area contributed by atoms with E-state index < -0.39 is 0 Å². The van der Waals surface area contributed by atoms with Crippen molar-refractivity contribution in [2.24, 2.45) is 0 Å². The van der Waals surface area contributed by atoms with Gasteiger partial charge in [-0.05, 0) is 45.8 Å². The molecule has 0 spiro atoms. The number of rotatable bonds is 3. The minimum absolute atomic E-state index is 0.199. The van der Waals surface area contributed by atoms with Crippen molar-refractivity contribution in [3.8, 4) is 0 Å². The van der Waals surface area contributed by atoms with Gasteiger partial charge in [-0.1, -0.05) is 6.07 Å². The highest BCUT2D eigenvalue weighted by Crippen LogP contribution is 2.19. The van der Waals surface area contributed by atoms with E-state index in [4.69, 9.17) is 0 Å². The molecule has 1 fully saturated rings. The lowest BCUT2D eigenvalue weighted by atomic mass is 10.2. The van der Waals surface area contributed by atoms with Crippen LogP contribution in [0.4, 0.5) is 4.39 Å². The fraction of sp³-hybridized carbons (Fsp3) is 0.455. The van der Waals surface area contributed by atoms with Crippen LogP contribution in [-0.2, 0) is 6.54 Å². The summed E-state index contributed by atoms with van der Waals surface area (Å²) in [5.41, 5.74) is 1.13. The third kappa shape index (κ3) is 3.20. The lowest BCUT2D eigenvalue weighted by molar-refractivity contribution is 0.556. The van der Waals surface area contributed by atoms with Crippen LogP contribution in [0.3, 0.4) is 0 Å². The molecule has 1 aliphatic rings. The van der Waals surface area contributed by atoms with Crippen molar-refractivity contribution in [1.29, 1.82) is 0 Å². The first-order chi connectivity index (χ1) is 7.25. The monoisotopic (exact) mass is 289 g/mol. The minimum atomic E-state index is -0.199. The molecular weight excluding hydrogens is 277 g/mol. The lowest BCUT2D eigenvalue weighted by Crippen LogP contribution is -2.27. The molecule has 1 aromatic rings. The van der Waals surface area contributed by atoms with Gasteiger partial charge in [0, 0.05) is 18.3 Å². The number of hydrogen-bond acceptors (Lipinski definition) is 2. The zero-order chi connectivity index (χ0) is 10.7. The Labute approximate surface area is 102 Å². The summed E-state index contributed by atoms with van der Waals surface area (Å²) in [6, 6.07) is 5.79. The van der Waals surface area contributed by atoms with E-state index >= 15 is 0 Å². The van der Waals surface area contributed by atoms with Crippen molar-refractivity contribution in [3.63, 3.8) is 0 Å². The average molecular weight is 290 g/mol. The molecule has 0 aromatic heterocycles. The molecule has 1 aromatic carbocycles. The van der Waals surface area contributed by atoms with Crippen LogP contribution in [0.1, 0.15) is 12.0 Å². The van der Waals surface area contributed by atoms with Crippen LogP contribution in [-0.4, -0.2) is 17.5 Å². The topological polar surface area (TPSA) is 12.0 Å². The summed E-state index contributed by atoms with van der Waals surface area (Å²) in [6.45, 7) is 0.824. The number of benzene rings is 1. The van der Waals surface area contributed by atoms with Crippen molar-refractivity contribution in [2.75, 3.05) is 11.5 Å². The molecular formula is C11H13BrFNS. The number of hydrogen-bond donors (Lipinski definition) is 1. The van der Waals surface area contributed by atoms with Crippen LogP contribution in [0, 0.1) is 5.82 Å². The van der Waals surface area contributed by atoms with E-state index in [1.54, 1.807) is 0 Å². The molecule has 0 bridgehead atoms. The molecule has 82 valence electrons. The van der Waals surface area contributed by atoms with E-state index in [1.807, 2.05) is 23.9 Å². The van der Waals surface area contributed by atoms with Gasteiger partial charge in [-0.15, -0.1) is 0 Å². The summed E-state index contributed by atoms with van der Waals surface area (Å²) >= 11 is 5.18. The molecule has 0 amide bonds. The quantitative estimate of drug-likeness (QED) is 0.917. The Morgan fingerprint density at radius 1 is 1.53 bits per heavy atom. The zero-order valence-corrected chi connectivity index (χ0v) is 10.7. The van der Waals surface area contributed by atoms with Crippen LogP contribution >= 0.6 is 27.7 Å². The maximum Gasteiger partial charge on any atom is 0.137 e. The normalized spacial score (nSPS) is 20.8. The number of thioether (sulfide) groups is 1. The molecule has 1 atom stereocenters. The van der Waals surface area contributed by atoms with Gasteiger partial charge in [-0.25, -0.2) is 4.39 Å². The first kappa shape index (κ1) is 11.4. The standard InChI is InChI=1S/C11H13BrFNS/c12-10-5-8(1-2-11(10)13)6-14-9-3-4-15-7-9/h1-2,5,9,14H,3-4,6-7H2. The Morgan fingerprint density at radius 3 is 3.07 bits per heavy atom. The summed E-state index contributed by atoms with van der Waals surface area (Å²) in [7, 11) is 0. The fourth-order valence-electron chi connectivity index (χ4n) is 1.61. The largest absolute Gasteiger partial charge is 0.309 e. The molecule has 0 radical (unpaired) electrons. The van der Waals surface area contributed by atoms with Gasteiger partial charge < -0.3 is 5.32 Å². The van der Waals surface area contributed by atoms with Gasteiger partial charge in [0.1, 0.15) is 5.82 Å². The van der Waals surface area contributed by atoms with Gasteiger partial charge in [-0.3, -0.25) is 0 Å². The van der Waals surface area contributed by atoms with Crippen LogP contribution in [0.15, 0.2) is 22.7 Å². The SMILES string of the molecule is Fc1ccc(CNC2CCSC2)cc1Br. The van der Waals surface area contributed by atoms with E-state index in [0.29, 0.717) is 10.5 Å². The molecule has 1 saturated heterocycles. The van der Waals surface area contributed by atoms with Gasteiger partial charge in [0.15, 0.2) is 0 Å². The molecule has 1 N–H and O–H groups in total. The highest BCUT2D eigenvalue weighted by atomic mass is 79.9. The Bertz CT molecular complexity index is 339. The lowest BCUT2D eigenvalue weighted by Gasteiger charge is -2.11. The summed E-state index contributed by atoms with van der Waals surface area (Å²) in [5.74, 6) is 2.25. The van der Waals surface area contributed by atoms with Gasteiger partial charge in [0.25, 0.3) is 0 Å². The fourth-order valence-corrected chi connectivity index (χ4v) is 3.22. The second-order valence-electron chi connectivity index (χ2n) is 3.69. The van der Waals surface area contributed by atoms with Gasteiger partial charge in [-0.2, -0.15) is 11.8 Å². The van der Waals surface area contributed by atoms with Crippen LogP contribution in [0.2, 0.25) is 0 Å². The molecule has 4 heteroatoms. The molecule has 15 heavy (non-hydrogen) atoms. The maximum atomic E-state index is 13.0. The molecule has 2 rings (SSSR count). The second-order valence-corrected chi connectivity index (χ2v) is 5.69. The Balaban J connectivity index is 1.90. The van der Waals surface area contributed by atoms with E-state index in [1.165, 1.54) is 24.0 Å². The predicted molar refractivity (Wildman–Crippen MR) is 66.7 cm³/mol. The van der Waals surface area contributed by atoms with Crippen LogP contribution < -0.4 is 5.32 Å². The summed E-state index contributed by atoms with van der Waals surface area (Å²) in [4.78, 5) is 0. The van der Waals surface area contributed by atoms with Gasteiger partial charge in [0.05, 0.1) is 4.47 Å². The third-order valence-corrected chi connectivity index (χ3v) is 4.28. The van der Waals surface area contributed by atoms with Gasteiger partial charge in [0.2, 0.25) is 0 Å². The van der Waals surface area contributed by atoms with E-state index in [-0.39, 0.29) is 5.82 Å². The molecule has 1 heterocycles. The molecule has 0 aliphatic carbocycles. The van der Waals surface area contributed by atoms with Crippen LogP contribution in [0.25, 0.3) is 0 Å². The van der Waals surface area contributed by atoms with Crippen molar-refractivity contribution < 1.29 is 4.39 Å². The van der Waals surface area contributed by atoms with Crippen molar-refractivity contribution in [1.82, 2.24) is 5.32 Å². The smallest absolute Gasteiger partial charge is 0.137 e.